The van der Waals surface area contributed by atoms with E-state index < -0.39 is 17.7 Å². The molecule has 0 saturated carbocycles. The summed E-state index contributed by atoms with van der Waals surface area (Å²) in [7, 11) is 0. The van der Waals surface area contributed by atoms with Crippen LogP contribution in [0.1, 0.15) is 26.5 Å². The molecule has 1 atom stereocenters. The lowest BCUT2D eigenvalue weighted by Crippen LogP contribution is -2.47. The van der Waals surface area contributed by atoms with Gasteiger partial charge in [0.1, 0.15) is 17.4 Å². The molecule has 25 heavy (non-hydrogen) atoms. The van der Waals surface area contributed by atoms with Crippen LogP contribution in [-0.2, 0) is 16.0 Å². The molecule has 1 heterocycles. The van der Waals surface area contributed by atoms with Crippen molar-refractivity contribution in [1.82, 2.24) is 5.32 Å². The Labute approximate surface area is 155 Å². The van der Waals surface area contributed by atoms with Crippen molar-refractivity contribution in [2.75, 3.05) is 5.32 Å². The monoisotopic (exact) mass is 408 g/mol. The van der Waals surface area contributed by atoms with Crippen LogP contribution >= 0.6 is 15.9 Å². The third kappa shape index (κ3) is 6.62. The van der Waals surface area contributed by atoms with Gasteiger partial charge in [-0.25, -0.2) is 4.79 Å². The molecule has 1 unspecified atom stereocenters. The minimum Gasteiger partial charge on any atom is -0.469 e. The highest BCUT2D eigenvalue weighted by Crippen LogP contribution is 2.16. The van der Waals surface area contributed by atoms with Gasteiger partial charge in [-0.15, -0.1) is 0 Å². The van der Waals surface area contributed by atoms with E-state index in [9.17, 15) is 9.59 Å². The first-order chi connectivity index (χ1) is 11.7. The van der Waals surface area contributed by atoms with Crippen LogP contribution in [0.5, 0.6) is 0 Å². The number of carbonyl (C=O) groups is 2. The van der Waals surface area contributed by atoms with Crippen molar-refractivity contribution in [2.45, 2.75) is 38.8 Å². The average Bonchev–Trinajstić information content (AvgIpc) is 2.97. The zero-order chi connectivity index (χ0) is 18.4. The fourth-order valence-corrected chi connectivity index (χ4v) is 2.48. The molecule has 0 saturated heterocycles. The minimum atomic E-state index is -0.833. The molecule has 0 bridgehead atoms. The maximum Gasteiger partial charge on any atom is 0.408 e. The van der Waals surface area contributed by atoms with Gasteiger partial charge in [0.2, 0.25) is 5.91 Å². The summed E-state index contributed by atoms with van der Waals surface area (Å²) in [4.78, 5) is 24.7. The molecule has 1 aromatic carbocycles. The third-order valence-corrected chi connectivity index (χ3v) is 3.58. The maximum absolute atomic E-state index is 12.6. The second kappa shape index (κ2) is 8.20. The van der Waals surface area contributed by atoms with Gasteiger partial charge in [-0.1, -0.05) is 22.0 Å². The Hall–Kier alpha value is -2.28. The van der Waals surface area contributed by atoms with Crippen LogP contribution in [0, 0.1) is 0 Å². The Morgan fingerprint density at radius 2 is 2.00 bits per heavy atom. The number of halogens is 1. The highest BCUT2D eigenvalue weighted by Gasteiger charge is 2.25. The molecule has 0 spiro atoms. The maximum atomic E-state index is 12.6. The Balaban J connectivity index is 2.09. The summed E-state index contributed by atoms with van der Waals surface area (Å²) in [6.45, 7) is 5.28. The van der Waals surface area contributed by atoms with Crippen LogP contribution in [0.25, 0.3) is 0 Å². The van der Waals surface area contributed by atoms with Crippen molar-refractivity contribution >= 4 is 33.6 Å². The molecule has 7 heteroatoms. The fraction of sp³-hybridized carbons (Fsp3) is 0.333. The molecule has 0 aliphatic heterocycles. The second-order valence-corrected chi connectivity index (χ2v) is 7.40. The normalized spacial score (nSPS) is 12.3. The topological polar surface area (TPSA) is 80.6 Å². The van der Waals surface area contributed by atoms with Gasteiger partial charge in [0.15, 0.2) is 0 Å². The number of nitrogens with one attached hydrogen (secondary N) is 2. The van der Waals surface area contributed by atoms with E-state index in [1.54, 1.807) is 45.0 Å². The lowest BCUT2D eigenvalue weighted by Gasteiger charge is -2.23. The molecule has 2 rings (SSSR count). The summed E-state index contributed by atoms with van der Waals surface area (Å²) >= 11 is 3.35. The summed E-state index contributed by atoms with van der Waals surface area (Å²) in [6.07, 6.45) is 1.08. The van der Waals surface area contributed by atoms with Gasteiger partial charge in [0, 0.05) is 16.6 Å². The summed E-state index contributed by atoms with van der Waals surface area (Å²) in [6, 6.07) is 9.84. The number of rotatable bonds is 5. The van der Waals surface area contributed by atoms with Crippen molar-refractivity contribution < 1.29 is 18.7 Å². The predicted octanol–water partition coefficient (Wildman–Crippen LogP) is 4.12. The number of carbonyl (C=O) groups excluding carboxylic acids is 2. The van der Waals surface area contributed by atoms with Crippen LogP contribution in [0.2, 0.25) is 0 Å². The van der Waals surface area contributed by atoms with Crippen molar-refractivity contribution in [3.63, 3.8) is 0 Å². The Bertz CT molecular complexity index is 723. The van der Waals surface area contributed by atoms with Gasteiger partial charge in [-0.2, -0.15) is 0 Å². The number of anilines is 1. The van der Waals surface area contributed by atoms with Crippen LogP contribution < -0.4 is 10.6 Å². The quantitative estimate of drug-likeness (QED) is 0.779. The predicted molar refractivity (Wildman–Crippen MR) is 98.3 cm³/mol. The summed E-state index contributed by atoms with van der Waals surface area (Å²) in [5.74, 6) is 0.228. The van der Waals surface area contributed by atoms with Crippen LogP contribution in [0.15, 0.2) is 51.6 Å². The molecule has 2 N–H and O–H groups in total. The Morgan fingerprint density at radius 3 is 2.60 bits per heavy atom. The van der Waals surface area contributed by atoms with Gasteiger partial charge in [-0.05, 0) is 51.1 Å². The summed E-state index contributed by atoms with van der Waals surface area (Å²) < 4.78 is 11.4. The van der Waals surface area contributed by atoms with Crippen LogP contribution in [0.4, 0.5) is 10.5 Å². The van der Waals surface area contributed by atoms with Gasteiger partial charge < -0.3 is 19.8 Å². The highest BCUT2D eigenvalue weighted by molar-refractivity contribution is 9.10. The summed E-state index contributed by atoms with van der Waals surface area (Å²) in [5, 5.41) is 5.38. The molecular weight excluding hydrogens is 388 g/mol. The summed E-state index contributed by atoms with van der Waals surface area (Å²) in [5.41, 5.74) is -0.0325. The number of benzene rings is 1. The van der Waals surface area contributed by atoms with Crippen LogP contribution in [-0.4, -0.2) is 23.6 Å². The van der Waals surface area contributed by atoms with Gasteiger partial charge in [0.05, 0.1) is 6.26 Å². The second-order valence-electron chi connectivity index (χ2n) is 6.48. The van der Waals surface area contributed by atoms with Gasteiger partial charge in [0.25, 0.3) is 0 Å². The number of alkyl carbamates (subject to hydrolysis) is 1. The van der Waals surface area contributed by atoms with Crippen LogP contribution in [0.3, 0.4) is 0 Å². The number of ether oxygens (including phenoxy) is 1. The molecule has 2 aromatic rings. The number of hydrogen-bond donors (Lipinski definition) is 2. The molecule has 0 aliphatic rings. The van der Waals surface area contributed by atoms with Gasteiger partial charge >= 0.3 is 6.09 Å². The standard InChI is InChI=1S/C18H21BrN2O4/c1-18(2,3)25-17(23)21-15(11-14-8-5-9-24-14)16(22)20-13-7-4-6-12(19)10-13/h4-10,15H,11H2,1-3H3,(H,20,22)(H,21,23). The van der Waals surface area contributed by atoms with E-state index in [1.807, 2.05) is 12.1 Å². The Morgan fingerprint density at radius 1 is 1.24 bits per heavy atom. The van der Waals surface area contributed by atoms with E-state index in [-0.39, 0.29) is 12.3 Å². The Kier molecular flexibility index (Phi) is 6.25. The van der Waals surface area contributed by atoms with Crippen molar-refractivity contribution in [3.8, 4) is 0 Å². The molecule has 2 amide bonds. The first-order valence-electron chi connectivity index (χ1n) is 7.81. The zero-order valence-electron chi connectivity index (χ0n) is 14.3. The number of hydrogen-bond acceptors (Lipinski definition) is 4. The largest absolute Gasteiger partial charge is 0.469 e. The molecule has 0 fully saturated rings. The lowest BCUT2D eigenvalue weighted by molar-refractivity contribution is -0.118. The number of amides is 2. The molecule has 0 radical (unpaired) electrons. The van der Waals surface area contributed by atoms with Crippen molar-refractivity contribution in [3.05, 3.63) is 52.9 Å². The van der Waals surface area contributed by atoms with E-state index in [1.165, 1.54) is 6.26 Å². The number of furan rings is 1. The first kappa shape index (κ1) is 19.1. The highest BCUT2D eigenvalue weighted by atomic mass is 79.9. The fourth-order valence-electron chi connectivity index (χ4n) is 2.08. The lowest BCUT2D eigenvalue weighted by atomic mass is 10.1. The molecule has 6 nitrogen and oxygen atoms in total. The average molecular weight is 409 g/mol. The molecule has 1 aromatic heterocycles. The third-order valence-electron chi connectivity index (χ3n) is 3.09. The minimum absolute atomic E-state index is 0.214. The van der Waals surface area contributed by atoms with E-state index in [0.29, 0.717) is 11.4 Å². The van der Waals surface area contributed by atoms with E-state index in [4.69, 9.17) is 9.15 Å². The van der Waals surface area contributed by atoms with Crippen molar-refractivity contribution in [1.29, 1.82) is 0 Å². The SMILES string of the molecule is CC(C)(C)OC(=O)NC(Cc1ccco1)C(=O)Nc1cccc(Br)c1. The van der Waals surface area contributed by atoms with Gasteiger partial charge in [-0.3, -0.25) is 4.79 Å². The van der Waals surface area contributed by atoms with E-state index in [0.717, 1.165) is 4.47 Å². The molecule has 134 valence electrons. The zero-order valence-corrected chi connectivity index (χ0v) is 15.9. The van der Waals surface area contributed by atoms with Crippen molar-refractivity contribution in [2.24, 2.45) is 0 Å². The van der Waals surface area contributed by atoms with E-state index in [2.05, 4.69) is 26.6 Å². The van der Waals surface area contributed by atoms with E-state index >= 15 is 0 Å². The first-order valence-corrected chi connectivity index (χ1v) is 8.60. The molecular formula is C18H21BrN2O4. The molecule has 0 aliphatic carbocycles. The smallest absolute Gasteiger partial charge is 0.408 e.